The molecule has 0 heterocycles. The van der Waals surface area contributed by atoms with Gasteiger partial charge in [-0.2, -0.15) is 0 Å². The Balaban J connectivity index is 2.34. The summed E-state index contributed by atoms with van der Waals surface area (Å²) in [5, 5.41) is 8.68. The normalized spacial score (nSPS) is 11.6. The fraction of sp³-hybridized carbons (Fsp3) is 0.105. The zero-order valence-corrected chi connectivity index (χ0v) is 12.4. The van der Waals surface area contributed by atoms with Crippen LogP contribution in [-0.4, -0.2) is 18.2 Å². The van der Waals surface area contributed by atoms with E-state index in [-0.39, 0.29) is 6.42 Å². The summed E-state index contributed by atoms with van der Waals surface area (Å²) in [6, 6.07) is 17.8. The van der Waals surface area contributed by atoms with Crippen LogP contribution in [0.5, 0.6) is 5.75 Å². The van der Waals surface area contributed by atoms with Gasteiger partial charge in [-0.15, -0.1) is 0 Å². The summed E-state index contributed by atoms with van der Waals surface area (Å²) in [7, 11) is 1.64. The number of methoxy groups -OCH3 is 1. The van der Waals surface area contributed by atoms with E-state index in [0.717, 1.165) is 22.4 Å². The molecule has 0 aliphatic rings. The molecule has 112 valence electrons. The lowest BCUT2D eigenvalue weighted by atomic mass is 9.97. The predicted octanol–water partition coefficient (Wildman–Crippen LogP) is 4.16. The van der Waals surface area contributed by atoms with Crippen LogP contribution in [0, 0.1) is 0 Å². The number of aliphatic carboxylic acids is 1. The minimum atomic E-state index is -0.838. The quantitative estimate of drug-likeness (QED) is 0.814. The Morgan fingerprint density at radius 3 is 2.27 bits per heavy atom. The van der Waals surface area contributed by atoms with Gasteiger partial charge in [0.2, 0.25) is 0 Å². The summed E-state index contributed by atoms with van der Waals surface area (Å²) in [6.45, 7) is 0. The van der Waals surface area contributed by atoms with Crippen LogP contribution in [0.4, 0.5) is 0 Å². The molecule has 0 aliphatic heterocycles. The van der Waals surface area contributed by atoms with Crippen LogP contribution in [0.2, 0.25) is 0 Å². The highest BCUT2D eigenvalue weighted by Crippen LogP contribution is 2.25. The van der Waals surface area contributed by atoms with Gasteiger partial charge in [0.1, 0.15) is 5.75 Å². The van der Waals surface area contributed by atoms with E-state index < -0.39 is 5.97 Å². The topological polar surface area (TPSA) is 46.5 Å². The summed E-state index contributed by atoms with van der Waals surface area (Å²) in [4.78, 5) is 10.6. The molecular formula is C19H18O3. The molecule has 0 unspecified atom stereocenters. The summed E-state index contributed by atoms with van der Waals surface area (Å²) in [6.07, 6.45) is 5.36. The molecule has 3 heteroatoms. The van der Waals surface area contributed by atoms with Crippen molar-refractivity contribution in [2.45, 2.75) is 6.42 Å². The Bertz CT molecular complexity index is 668. The first-order valence-corrected chi connectivity index (χ1v) is 6.99. The van der Waals surface area contributed by atoms with Gasteiger partial charge in [0.15, 0.2) is 0 Å². The summed E-state index contributed by atoms with van der Waals surface area (Å²) in [5.41, 5.74) is 3.16. The maximum absolute atomic E-state index is 10.6. The highest BCUT2D eigenvalue weighted by Gasteiger charge is 2.04. The van der Waals surface area contributed by atoms with Crippen molar-refractivity contribution < 1.29 is 14.6 Å². The molecule has 1 N–H and O–H groups in total. The molecule has 0 amide bonds. The molecular weight excluding hydrogens is 276 g/mol. The molecule has 0 aromatic heterocycles. The van der Waals surface area contributed by atoms with Gasteiger partial charge in [-0.05, 0) is 28.8 Å². The highest BCUT2D eigenvalue weighted by molar-refractivity contribution is 5.81. The Morgan fingerprint density at radius 1 is 1.05 bits per heavy atom. The second-order valence-corrected chi connectivity index (χ2v) is 4.70. The number of carboxylic acid groups (broad SMARTS) is 1. The van der Waals surface area contributed by atoms with Crippen molar-refractivity contribution in [3.63, 3.8) is 0 Å². The average Bonchev–Trinajstić information content (AvgIpc) is 2.56. The van der Waals surface area contributed by atoms with E-state index in [9.17, 15) is 4.79 Å². The standard InChI is InChI=1S/C19H18O3/c1-22-17-13-11-16(12-14-17)18(9-5-6-10-19(20)21)15-7-3-2-4-8-15/h2-9,11-14H,10H2,1H3,(H,20,21)/b6-5+,18-9+. The molecule has 0 radical (unpaired) electrons. The lowest BCUT2D eigenvalue weighted by molar-refractivity contribution is -0.136. The number of hydrogen-bond donors (Lipinski definition) is 1. The predicted molar refractivity (Wildman–Crippen MR) is 87.9 cm³/mol. The fourth-order valence-electron chi connectivity index (χ4n) is 2.08. The third-order valence-corrected chi connectivity index (χ3v) is 3.18. The Kier molecular flexibility index (Phi) is 5.55. The molecule has 3 nitrogen and oxygen atoms in total. The van der Waals surface area contributed by atoms with Gasteiger partial charge in [-0.1, -0.05) is 60.7 Å². The zero-order chi connectivity index (χ0) is 15.8. The number of benzene rings is 2. The van der Waals surface area contributed by atoms with Gasteiger partial charge in [-0.3, -0.25) is 4.79 Å². The molecule has 2 aromatic rings. The molecule has 2 aromatic carbocycles. The smallest absolute Gasteiger partial charge is 0.307 e. The summed E-state index contributed by atoms with van der Waals surface area (Å²) >= 11 is 0. The Labute approximate surface area is 130 Å². The first-order valence-electron chi connectivity index (χ1n) is 6.99. The van der Waals surface area contributed by atoms with Crippen LogP contribution < -0.4 is 4.74 Å². The van der Waals surface area contributed by atoms with Crippen molar-refractivity contribution in [3.05, 3.63) is 84.0 Å². The molecule has 0 aliphatic carbocycles. The molecule has 0 spiro atoms. The van der Waals surface area contributed by atoms with Crippen LogP contribution >= 0.6 is 0 Å². The monoisotopic (exact) mass is 294 g/mol. The van der Waals surface area contributed by atoms with Crippen LogP contribution in [0.3, 0.4) is 0 Å². The molecule has 0 atom stereocenters. The summed E-state index contributed by atoms with van der Waals surface area (Å²) < 4.78 is 5.18. The first-order chi connectivity index (χ1) is 10.7. The SMILES string of the molecule is COc1ccc(/C(=C/C=C/CC(=O)O)c2ccccc2)cc1. The second kappa shape index (κ2) is 7.84. The van der Waals surface area contributed by atoms with Crippen LogP contribution in [0.25, 0.3) is 5.57 Å². The van der Waals surface area contributed by atoms with E-state index in [2.05, 4.69) is 0 Å². The van der Waals surface area contributed by atoms with Crippen molar-refractivity contribution in [1.29, 1.82) is 0 Å². The van der Waals surface area contributed by atoms with Crippen molar-refractivity contribution in [3.8, 4) is 5.75 Å². The maximum Gasteiger partial charge on any atom is 0.307 e. The molecule has 0 saturated heterocycles. The van der Waals surface area contributed by atoms with Crippen LogP contribution in [-0.2, 0) is 4.79 Å². The van der Waals surface area contributed by atoms with Gasteiger partial charge in [0.05, 0.1) is 13.5 Å². The van der Waals surface area contributed by atoms with Crippen molar-refractivity contribution >= 4 is 11.5 Å². The van der Waals surface area contributed by atoms with Crippen LogP contribution in [0.1, 0.15) is 17.5 Å². The average molecular weight is 294 g/mol. The lowest BCUT2D eigenvalue weighted by Crippen LogP contribution is -1.90. The third kappa shape index (κ3) is 4.35. The largest absolute Gasteiger partial charge is 0.497 e. The number of allylic oxidation sites excluding steroid dienone is 2. The molecule has 2 rings (SSSR count). The fourth-order valence-corrected chi connectivity index (χ4v) is 2.08. The number of ether oxygens (including phenoxy) is 1. The maximum atomic E-state index is 10.6. The molecule has 0 saturated carbocycles. The van der Waals surface area contributed by atoms with E-state index in [1.165, 1.54) is 0 Å². The zero-order valence-electron chi connectivity index (χ0n) is 12.4. The molecule has 22 heavy (non-hydrogen) atoms. The van der Waals surface area contributed by atoms with Gasteiger partial charge in [0, 0.05) is 0 Å². The lowest BCUT2D eigenvalue weighted by Gasteiger charge is -2.08. The molecule has 0 fully saturated rings. The number of rotatable bonds is 6. The molecule has 0 bridgehead atoms. The number of carboxylic acids is 1. The second-order valence-electron chi connectivity index (χ2n) is 4.70. The Morgan fingerprint density at radius 2 is 1.68 bits per heavy atom. The Hall–Kier alpha value is -2.81. The van der Waals surface area contributed by atoms with Gasteiger partial charge >= 0.3 is 5.97 Å². The number of carbonyl (C=O) groups is 1. The van der Waals surface area contributed by atoms with E-state index in [1.54, 1.807) is 19.3 Å². The van der Waals surface area contributed by atoms with Gasteiger partial charge < -0.3 is 9.84 Å². The highest BCUT2D eigenvalue weighted by atomic mass is 16.5. The number of hydrogen-bond acceptors (Lipinski definition) is 2. The van der Waals surface area contributed by atoms with E-state index in [0.29, 0.717) is 0 Å². The third-order valence-electron chi connectivity index (χ3n) is 3.18. The van der Waals surface area contributed by atoms with E-state index in [1.807, 2.05) is 60.7 Å². The minimum Gasteiger partial charge on any atom is -0.497 e. The van der Waals surface area contributed by atoms with Crippen molar-refractivity contribution in [2.75, 3.05) is 7.11 Å². The van der Waals surface area contributed by atoms with E-state index >= 15 is 0 Å². The van der Waals surface area contributed by atoms with E-state index in [4.69, 9.17) is 9.84 Å². The summed E-state index contributed by atoms with van der Waals surface area (Å²) in [5.74, 6) is -0.0343. The van der Waals surface area contributed by atoms with Crippen molar-refractivity contribution in [2.24, 2.45) is 0 Å². The van der Waals surface area contributed by atoms with Crippen molar-refractivity contribution in [1.82, 2.24) is 0 Å². The van der Waals surface area contributed by atoms with Crippen LogP contribution in [0.15, 0.2) is 72.8 Å². The minimum absolute atomic E-state index is 0.0151. The van der Waals surface area contributed by atoms with Gasteiger partial charge in [-0.25, -0.2) is 0 Å². The first kappa shape index (κ1) is 15.6. The van der Waals surface area contributed by atoms with Gasteiger partial charge in [0.25, 0.3) is 0 Å².